The zero-order chi connectivity index (χ0) is 27.3. The number of likely N-dealkylation sites (tertiary alicyclic amines) is 1. The van der Waals surface area contributed by atoms with E-state index < -0.39 is 0 Å². The second-order valence-electron chi connectivity index (χ2n) is 10.5. The first-order valence-corrected chi connectivity index (χ1v) is 14.0. The van der Waals surface area contributed by atoms with Crippen LogP contribution >= 0.6 is 11.3 Å². The van der Waals surface area contributed by atoms with Gasteiger partial charge >= 0.3 is 6.03 Å². The predicted molar refractivity (Wildman–Crippen MR) is 156 cm³/mol. The van der Waals surface area contributed by atoms with Gasteiger partial charge in [-0.15, -0.1) is 11.3 Å². The van der Waals surface area contributed by atoms with Gasteiger partial charge in [0.25, 0.3) is 5.91 Å². The van der Waals surface area contributed by atoms with Crippen LogP contribution in [0.2, 0.25) is 0 Å². The van der Waals surface area contributed by atoms with E-state index >= 15 is 0 Å². The molecule has 0 aliphatic carbocycles. The molecule has 1 atom stereocenters. The number of ether oxygens (including phenoxy) is 1. The van der Waals surface area contributed by atoms with E-state index in [1.54, 1.807) is 11.1 Å². The van der Waals surface area contributed by atoms with Crippen molar-refractivity contribution in [2.24, 2.45) is 0 Å². The minimum absolute atomic E-state index is 0.0871. The van der Waals surface area contributed by atoms with Crippen molar-refractivity contribution >= 4 is 50.6 Å². The Hall–Kier alpha value is -3.95. The SMILES string of the molecule is Cc1ccc(Oc2ccc(N3C(=O)Nc4c(C(=O)NC5CCCN(C)C5)sc5nccc3c45)c(C)c2)cc1C. The van der Waals surface area contributed by atoms with Crippen LogP contribution in [0.4, 0.5) is 21.9 Å². The third-order valence-electron chi connectivity index (χ3n) is 7.54. The van der Waals surface area contributed by atoms with Crippen molar-refractivity contribution in [3.8, 4) is 11.5 Å². The number of hydrogen-bond acceptors (Lipinski definition) is 6. The summed E-state index contributed by atoms with van der Waals surface area (Å²) in [6.07, 6.45) is 3.68. The van der Waals surface area contributed by atoms with Gasteiger partial charge in [0.15, 0.2) is 0 Å². The number of piperidine rings is 1. The molecule has 1 fully saturated rings. The summed E-state index contributed by atoms with van der Waals surface area (Å²) in [7, 11) is 2.07. The lowest BCUT2D eigenvalue weighted by atomic mass is 10.1. The van der Waals surface area contributed by atoms with Crippen molar-refractivity contribution < 1.29 is 14.3 Å². The molecule has 2 aliphatic heterocycles. The minimum Gasteiger partial charge on any atom is -0.457 e. The summed E-state index contributed by atoms with van der Waals surface area (Å²) in [6.45, 7) is 7.94. The minimum atomic E-state index is -0.314. The molecule has 1 saturated heterocycles. The van der Waals surface area contributed by atoms with Crippen molar-refractivity contribution in [3.63, 3.8) is 0 Å². The van der Waals surface area contributed by atoms with Crippen molar-refractivity contribution in [1.82, 2.24) is 15.2 Å². The summed E-state index contributed by atoms with van der Waals surface area (Å²) >= 11 is 1.31. The van der Waals surface area contributed by atoms with Crippen molar-refractivity contribution in [3.05, 3.63) is 70.2 Å². The normalized spacial score (nSPS) is 17.3. The fraction of sp³-hybridized carbons (Fsp3) is 0.300. The Labute approximate surface area is 231 Å². The Bertz CT molecular complexity index is 1610. The molecule has 9 heteroatoms. The van der Waals surface area contributed by atoms with Crippen LogP contribution in [0.25, 0.3) is 10.2 Å². The molecule has 0 saturated carbocycles. The summed E-state index contributed by atoms with van der Waals surface area (Å²) < 4.78 is 6.10. The number of amides is 3. The largest absolute Gasteiger partial charge is 0.457 e. The van der Waals surface area contributed by atoms with Gasteiger partial charge in [-0.25, -0.2) is 9.78 Å². The van der Waals surface area contributed by atoms with Crippen LogP contribution in [-0.2, 0) is 0 Å². The number of nitrogens with one attached hydrogen (secondary N) is 2. The number of carbonyl (C=O) groups excluding carboxylic acids is 2. The summed E-state index contributed by atoms with van der Waals surface area (Å²) in [4.78, 5) is 36.5. The summed E-state index contributed by atoms with van der Waals surface area (Å²) in [5.74, 6) is 1.29. The topological polar surface area (TPSA) is 86.8 Å². The number of urea groups is 1. The molecule has 8 nitrogen and oxygen atoms in total. The van der Waals surface area contributed by atoms with Gasteiger partial charge in [0.2, 0.25) is 0 Å². The highest BCUT2D eigenvalue weighted by molar-refractivity contribution is 7.21. The van der Waals surface area contributed by atoms with Crippen LogP contribution in [-0.4, -0.2) is 48.0 Å². The summed E-state index contributed by atoms with van der Waals surface area (Å²) in [6, 6.07) is 13.3. The molecule has 1 unspecified atom stereocenters. The van der Waals surface area contributed by atoms with E-state index in [0.717, 1.165) is 48.3 Å². The number of nitrogens with zero attached hydrogens (tertiary/aromatic N) is 3. The third-order valence-corrected chi connectivity index (χ3v) is 8.63. The third kappa shape index (κ3) is 4.72. The monoisotopic (exact) mass is 541 g/mol. The molecule has 39 heavy (non-hydrogen) atoms. The van der Waals surface area contributed by atoms with Gasteiger partial charge in [-0.05, 0) is 100 Å². The molecule has 2 aliphatic rings. The lowest BCUT2D eigenvalue weighted by molar-refractivity contribution is 0.0917. The number of aryl methyl sites for hydroxylation is 3. The Balaban J connectivity index is 1.31. The average Bonchev–Trinajstić information content (AvgIpc) is 3.27. The number of likely N-dealkylation sites (N-methyl/N-ethyl adjacent to an activating group) is 1. The van der Waals surface area contributed by atoms with E-state index in [1.165, 1.54) is 22.5 Å². The maximum Gasteiger partial charge on any atom is 0.331 e. The molecule has 4 heterocycles. The first kappa shape index (κ1) is 25.3. The number of pyridine rings is 1. The van der Waals surface area contributed by atoms with Crippen molar-refractivity contribution in [2.75, 3.05) is 30.4 Å². The number of anilines is 3. The molecule has 0 radical (unpaired) electrons. The first-order valence-electron chi connectivity index (χ1n) is 13.2. The van der Waals surface area contributed by atoms with Gasteiger partial charge in [0.05, 0.1) is 22.4 Å². The summed E-state index contributed by atoms with van der Waals surface area (Å²) in [5, 5.41) is 6.94. The van der Waals surface area contributed by atoms with E-state index in [-0.39, 0.29) is 18.0 Å². The zero-order valence-electron chi connectivity index (χ0n) is 22.5. The number of rotatable bonds is 5. The van der Waals surface area contributed by atoms with Crippen LogP contribution in [0, 0.1) is 20.8 Å². The van der Waals surface area contributed by atoms with Gasteiger partial charge in [-0.2, -0.15) is 0 Å². The Kier molecular flexibility index (Phi) is 6.48. The molecule has 200 valence electrons. The van der Waals surface area contributed by atoms with E-state index in [4.69, 9.17) is 4.74 Å². The second-order valence-corrected chi connectivity index (χ2v) is 11.5. The Morgan fingerprint density at radius 2 is 1.82 bits per heavy atom. The molecule has 3 amide bonds. The quantitative estimate of drug-likeness (QED) is 0.300. The first-order chi connectivity index (χ1) is 18.8. The van der Waals surface area contributed by atoms with Crippen LogP contribution in [0.5, 0.6) is 11.5 Å². The number of hydrogen-bond donors (Lipinski definition) is 2. The maximum absolute atomic E-state index is 13.5. The number of aromatic nitrogens is 1. The fourth-order valence-corrected chi connectivity index (χ4v) is 6.40. The molecule has 6 rings (SSSR count). The highest BCUT2D eigenvalue weighted by Gasteiger charge is 2.34. The van der Waals surface area contributed by atoms with Crippen LogP contribution in [0.3, 0.4) is 0 Å². The van der Waals surface area contributed by atoms with Crippen molar-refractivity contribution in [1.29, 1.82) is 0 Å². The molecular weight excluding hydrogens is 510 g/mol. The standard InChI is InChI=1S/C30H31N5O3S/c1-17-7-8-21(14-18(17)2)38-22-9-10-23(19(3)15-22)35-24-11-12-31-29-25(24)26(33-30(35)37)27(39-29)28(36)32-20-6-5-13-34(4)16-20/h7-12,14-15,20H,5-6,13,16H2,1-4H3,(H,32,36)(H,33,37). The molecule has 0 spiro atoms. The molecular formula is C30H31N5O3S. The second kappa shape index (κ2) is 9.98. The van der Waals surface area contributed by atoms with Crippen LogP contribution in [0.15, 0.2) is 48.7 Å². The van der Waals surface area contributed by atoms with Crippen molar-refractivity contribution in [2.45, 2.75) is 39.7 Å². The average molecular weight is 542 g/mol. The highest BCUT2D eigenvalue weighted by atomic mass is 32.1. The van der Waals surface area contributed by atoms with E-state index in [2.05, 4.69) is 41.4 Å². The van der Waals surface area contributed by atoms with Gasteiger partial charge in [0, 0.05) is 18.8 Å². The zero-order valence-corrected chi connectivity index (χ0v) is 23.3. The maximum atomic E-state index is 13.5. The van der Waals surface area contributed by atoms with Gasteiger partial charge < -0.3 is 20.3 Å². The molecule has 2 N–H and O–H groups in total. The van der Waals surface area contributed by atoms with E-state index in [9.17, 15) is 9.59 Å². The molecule has 0 bridgehead atoms. The Morgan fingerprint density at radius 3 is 2.56 bits per heavy atom. The number of thiophene rings is 1. The molecule has 4 aromatic rings. The molecule has 2 aromatic carbocycles. The van der Waals surface area contributed by atoms with E-state index in [0.29, 0.717) is 26.8 Å². The fourth-order valence-electron chi connectivity index (χ4n) is 5.37. The van der Waals surface area contributed by atoms with Gasteiger partial charge in [-0.3, -0.25) is 9.69 Å². The summed E-state index contributed by atoms with van der Waals surface area (Å²) in [5.41, 5.74) is 5.24. The predicted octanol–water partition coefficient (Wildman–Crippen LogP) is 6.52. The van der Waals surface area contributed by atoms with Crippen LogP contribution < -0.4 is 20.3 Å². The smallest absolute Gasteiger partial charge is 0.331 e. The van der Waals surface area contributed by atoms with Gasteiger partial charge in [0.1, 0.15) is 21.2 Å². The highest BCUT2D eigenvalue weighted by Crippen LogP contribution is 2.46. The Morgan fingerprint density at radius 1 is 1.05 bits per heavy atom. The molecule has 2 aromatic heterocycles. The number of carbonyl (C=O) groups is 2. The lowest BCUT2D eigenvalue weighted by Crippen LogP contribution is -2.46. The number of benzene rings is 2. The van der Waals surface area contributed by atoms with Crippen LogP contribution in [0.1, 0.15) is 39.2 Å². The van der Waals surface area contributed by atoms with Gasteiger partial charge in [-0.1, -0.05) is 6.07 Å². The van der Waals surface area contributed by atoms with E-state index in [1.807, 2.05) is 49.4 Å². The lowest BCUT2D eigenvalue weighted by Gasteiger charge is -2.31.